The number of amides is 1. The topological polar surface area (TPSA) is 55.1 Å². The molecule has 0 aromatic carbocycles. The van der Waals surface area contributed by atoms with E-state index in [1.165, 1.54) is 6.42 Å². The fraction of sp³-hybridized carbons (Fsp3) is 0.900. The minimum atomic E-state index is -0.330. The van der Waals surface area contributed by atoms with Crippen molar-refractivity contribution in [3.05, 3.63) is 0 Å². The van der Waals surface area contributed by atoms with Crippen LogP contribution < -0.4 is 11.1 Å². The second-order valence-electron chi connectivity index (χ2n) is 3.99. The minimum Gasteiger partial charge on any atom is -0.349 e. The molecule has 0 radical (unpaired) electrons. The maximum Gasteiger partial charge on any atom is 0.237 e. The molecule has 1 amide bonds. The summed E-state index contributed by atoms with van der Waals surface area (Å²) in [6.07, 6.45) is 5.20. The number of nitrogens with one attached hydrogen (secondary N) is 1. The van der Waals surface area contributed by atoms with Crippen LogP contribution >= 0.6 is 0 Å². The van der Waals surface area contributed by atoms with E-state index in [0.29, 0.717) is 6.42 Å². The smallest absolute Gasteiger partial charge is 0.237 e. The normalized spacial score (nSPS) is 21.8. The van der Waals surface area contributed by atoms with Crippen LogP contribution in [0.5, 0.6) is 0 Å². The predicted octanol–water partition coefficient (Wildman–Crippen LogP) is 1.17. The number of hydrogen-bond acceptors (Lipinski definition) is 2. The Labute approximate surface area is 80.1 Å². The highest BCUT2D eigenvalue weighted by atomic mass is 16.2. The van der Waals surface area contributed by atoms with E-state index in [9.17, 15) is 4.79 Å². The maximum atomic E-state index is 11.5. The summed E-state index contributed by atoms with van der Waals surface area (Å²) in [5.74, 6) is 0.0176. The van der Waals surface area contributed by atoms with Gasteiger partial charge >= 0.3 is 0 Å². The quantitative estimate of drug-likeness (QED) is 0.689. The Bertz CT molecular complexity index is 182. The largest absolute Gasteiger partial charge is 0.349 e. The van der Waals surface area contributed by atoms with Crippen LogP contribution in [-0.2, 0) is 4.79 Å². The van der Waals surface area contributed by atoms with Gasteiger partial charge in [-0.1, -0.05) is 13.8 Å². The highest BCUT2D eigenvalue weighted by molar-refractivity contribution is 5.82. The van der Waals surface area contributed by atoms with Gasteiger partial charge in [0.1, 0.15) is 0 Å². The molecule has 0 heterocycles. The van der Waals surface area contributed by atoms with Crippen molar-refractivity contribution in [3.63, 3.8) is 0 Å². The van der Waals surface area contributed by atoms with Crippen molar-refractivity contribution in [1.29, 1.82) is 0 Å². The molecule has 1 rings (SSSR count). The van der Waals surface area contributed by atoms with Gasteiger partial charge in [0, 0.05) is 5.54 Å². The third kappa shape index (κ3) is 2.21. The number of nitrogens with two attached hydrogens (primary N) is 1. The zero-order valence-corrected chi connectivity index (χ0v) is 8.60. The summed E-state index contributed by atoms with van der Waals surface area (Å²) < 4.78 is 0. The first-order valence-electron chi connectivity index (χ1n) is 5.21. The average Bonchev–Trinajstić information content (AvgIpc) is 2.09. The third-order valence-electron chi connectivity index (χ3n) is 3.15. The lowest BCUT2D eigenvalue weighted by Gasteiger charge is -2.42. The molecular weight excluding hydrogens is 164 g/mol. The zero-order chi connectivity index (χ0) is 9.90. The summed E-state index contributed by atoms with van der Waals surface area (Å²) in [5.41, 5.74) is 5.73. The van der Waals surface area contributed by atoms with Crippen LogP contribution in [0.4, 0.5) is 0 Å². The lowest BCUT2D eigenvalue weighted by atomic mass is 9.74. The van der Waals surface area contributed by atoms with Gasteiger partial charge in [0.2, 0.25) is 5.91 Å². The van der Waals surface area contributed by atoms with Crippen molar-refractivity contribution < 1.29 is 4.79 Å². The summed E-state index contributed by atoms with van der Waals surface area (Å²) in [4.78, 5) is 11.5. The number of carbonyl (C=O) groups is 1. The summed E-state index contributed by atoms with van der Waals surface area (Å²) in [5, 5.41) is 3.07. The lowest BCUT2D eigenvalue weighted by molar-refractivity contribution is -0.125. The molecule has 1 aliphatic rings. The molecule has 1 fully saturated rings. The molecule has 1 atom stereocenters. The van der Waals surface area contributed by atoms with Crippen molar-refractivity contribution in [2.24, 2.45) is 5.73 Å². The van der Waals surface area contributed by atoms with E-state index in [-0.39, 0.29) is 17.5 Å². The van der Waals surface area contributed by atoms with Crippen LogP contribution in [-0.4, -0.2) is 17.5 Å². The molecule has 1 saturated carbocycles. The molecule has 1 unspecified atom stereocenters. The van der Waals surface area contributed by atoms with Gasteiger partial charge in [0.25, 0.3) is 0 Å². The Morgan fingerprint density at radius 2 is 2.15 bits per heavy atom. The monoisotopic (exact) mass is 184 g/mol. The Morgan fingerprint density at radius 1 is 1.54 bits per heavy atom. The van der Waals surface area contributed by atoms with Gasteiger partial charge < -0.3 is 11.1 Å². The molecule has 0 spiro atoms. The van der Waals surface area contributed by atoms with E-state index in [2.05, 4.69) is 12.2 Å². The molecule has 0 aliphatic heterocycles. The summed E-state index contributed by atoms with van der Waals surface area (Å²) in [6, 6.07) is -0.330. The number of carbonyl (C=O) groups excluding carboxylic acids is 1. The molecule has 1 aliphatic carbocycles. The molecule has 3 N–H and O–H groups in total. The number of hydrogen-bond donors (Lipinski definition) is 2. The first-order chi connectivity index (χ1) is 6.13. The summed E-state index contributed by atoms with van der Waals surface area (Å²) >= 11 is 0. The maximum absolute atomic E-state index is 11.5. The Balaban J connectivity index is 2.42. The molecule has 0 bridgehead atoms. The van der Waals surface area contributed by atoms with Gasteiger partial charge in [-0.05, 0) is 32.1 Å². The van der Waals surface area contributed by atoms with Crippen LogP contribution in [0.25, 0.3) is 0 Å². The van der Waals surface area contributed by atoms with Crippen molar-refractivity contribution in [3.8, 4) is 0 Å². The summed E-state index contributed by atoms with van der Waals surface area (Å²) in [7, 11) is 0. The molecule has 0 aromatic heterocycles. The fourth-order valence-electron chi connectivity index (χ4n) is 1.71. The van der Waals surface area contributed by atoms with Crippen molar-refractivity contribution in [1.82, 2.24) is 5.32 Å². The first-order valence-corrected chi connectivity index (χ1v) is 5.21. The van der Waals surface area contributed by atoms with Crippen LogP contribution in [0.1, 0.15) is 46.0 Å². The first kappa shape index (κ1) is 10.5. The van der Waals surface area contributed by atoms with Crippen LogP contribution in [0.2, 0.25) is 0 Å². The van der Waals surface area contributed by atoms with E-state index in [1.807, 2.05) is 6.92 Å². The standard InChI is InChI=1S/C10H20N2O/c1-3-8(11)9(13)12-10(4-2)6-5-7-10/h8H,3-7,11H2,1-2H3,(H,12,13). The lowest BCUT2D eigenvalue weighted by Crippen LogP contribution is -2.56. The van der Waals surface area contributed by atoms with E-state index in [0.717, 1.165) is 19.3 Å². The Morgan fingerprint density at radius 3 is 2.46 bits per heavy atom. The van der Waals surface area contributed by atoms with E-state index in [4.69, 9.17) is 5.73 Å². The second-order valence-corrected chi connectivity index (χ2v) is 3.99. The predicted molar refractivity (Wildman–Crippen MR) is 53.3 cm³/mol. The van der Waals surface area contributed by atoms with E-state index in [1.54, 1.807) is 0 Å². The van der Waals surface area contributed by atoms with E-state index < -0.39 is 0 Å². The highest BCUT2D eigenvalue weighted by Crippen LogP contribution is 2.34. The second kappa shape index (κ2) is 4.09. The van der Waals surface area contributed by atoms with Crippen molar-refractivity contribution in [2.45, 2.75) is 57.5 Å². The van der Waals surface area contributed by atoms with E-state index >= 15 is 0 Å². The minimum absolute atomic E-state index is 0.0176. The highest BCUT2D eigenvalue weighted by Gasteiger charge is 2.36. The van der Waals surface area contributed by atoms with Gasteiger partial charge in [0.05, 0.1) is 6.04 Å². The van der Waals surface area contributed by atoms with Gasteiger partial charge in [-0.2, -0.15) is 0 Å². The Hall–Kier alpha value is -0.570. The van der Waals surface area contributed by atoms with Crippen molar-refractivity contribution in [2.75, 3.05) is 0 Å². The third-order valence-corrected chi connectivity index (χ3v) is 3.15. The molecule has 3 nitrogen and oxygen atoms in total. The van der Waals surface area contributed by atoms with Crippen molar-refractivity contribution >= 4 is 5.91 Å². The molecule has 0 aromatic rings. The zero-order valence-electron chi connectivity index (χ0n) is 8.60. The van der Waals surface area contributed by atoms with Gasteiger partial charge in [0.15, 0.2) is 0 Å². The fourth-order valence-corrected chi connectivity index (χ4v) is 1.71. The Kier molecular flexibility index (Phi) is 3.31. The van der Waals surface area contributed by atoms with Crippen LogP contribution in [0.3, 0.4) is 0 Å². The molecule has 13 heavy (non-hydrogen) atoms. The molecule has 0 saturated heterocycles. The molecular formula is C10H20N2O. The molecule has 3 heteroatoms. The van der Waals surface area contributed by atoms with Gasteiger partial charge in [-0.3, -0.25) is 4.79 Å². The number of rotatable bonds is 4. The van der Waals surface area contributed by atoms with Gasteiger partial charge in [-0.15, -0.1) is 0 Å². The van der Waals surface area contributed by atoms with Gasteiger partial charge in [-0.25, -0.2) is 0 Å². The van der Waals surface area contributed by atoms with Crippen LogP contribution in [0.15, 0.2) is 0 Å². The summed E-state index contributed by atoms with van der Waals surface area (Å²) in [6.45, 7) is 4.06. The van der Waals surface area contributed by atoms with Crippen LogP contribution in [0, 0.1) is 0 Å². The molecule has 76 valence electrons. The average molecular weight is 184 g/mol. The SMILES string of the molecule is CCC(N)C(=O)NC1(CC)CCC1.